The number of rotatable bonds is 6. The molecule has 486 valence electrons. The molecule has 4 nitrogen and oxygen atoms in total. The van der Waals surface area contributed by atoms with Crippen molar-refractivity contribution in [2.75, 3.05) is 14.7 Å². The molecule has 0 bridgehead atoms. The molecule has 0 unspecified atom stereocenters. The summed E-state index contributed by atoms with van der Waals surface area (Å²) in [7, 11) is 0. The monoisotopic (exact) mass is 1320 g/mol. The van der Waals surface area contributed by atoms with Gasteiger partial charge in [0, 0.05) is 62.4 Å². The molecular weight excluding hydrogens is 1240 g/mol. The van der Waals surface area contributed by atoms with Gasteiger partial charge in [0.05, 0.1) is 16.8 Å². The van der Waals surface area contributed by atoms with Gasteiger partial charge in [0.15, 0.2) is 0 Å². The Morgan fingerprint density at radius 1 is 0.291 bits per heavy atom. The first-order chi connectivity index (χ1) is 50.4. The predicted octanol–water partition coefficient (Wildman–Crippen LogP) is 21.3. The standard InChI is InChI=1S/C97H71B2N3O/c1-95(2,3)64-54-74(60-30-11-7-12-31-60)93(75(55-64)61-32-13-8-14-33-61)102-85-59-88-82(58-81(85)98-79-46-25-27-48-83(79)100(66-34-15-9-16-35-66)86-56-65(96(4,5)6)57-87(102)91(86)98)99-80-47-26-28-49-84(80)101(67-36-17-10-18-37-67)94-69-51-50-62(52-63(69)53-89(103-88)92(94)99)68-41-29-42-73-72-40-21-24-45-78(72)97(90(68)73)76-43-22-19-38-70(76)71-39-20-23-44-77(71)97/h7-59H,1-6H3. The van der Waals surface area contributed by atoms with E-state index in [9.17, 15) is 0 Å². The molecule has 15 aromatic rings. The van der Waals surface area contributed by atoms with Crippen LogP contribution in [0.2, 0.25) is 0 Å². The van der Waals surface area contributed by atoms with E-state index in [0.717, 1.165) is 78.9 Å². The van der Waals surface area contributed by atoms with Gasteiger partial charge in [-0.15, -0.1) is 0 Å². The third-order valence-corrected chi connectivity index (χ3v) is 23.3. The van der Waals surface area contributed by atoms with Crippen LogP contribution in [0, 0.1) is 0 Å². The van der Waals surface area contributed by atoms with E-state index in [1.807, 2.05) is 0 Å². The van der Waals surface area contributed by atoms with E-state index in [2.05, 4.69) is 378 Å². The molecule has 0 saturated carbocycles. The summed E-state index contributed by atoms with van der Waals surface area (Å²) in [5, 5.41) is 2.28. The van der Waals surface area contributed by atoms with Gasteiger partial charge in [0.1, 0.15) is 11.5 Å². The van der Waals surface area contributed by atoms with Crippen molar-refractivity contribution in [2.24, 2.45) is 0 Å². The van der Waals surface area contributed by atoms with Crippen LogP contribution < -0.4 is 52.2 Å². The molecular formula is C97H71B2N3O. The SMILES string of the molecule is CC(C)(C)c1cc(-c2ccccc2)c(N2c3cc4c(cc3B3c5ccccc5N(c5ccccc5)c5cc(C(C)(C)C)cc2c53)B2c3ccccc3N(c3ccccc3)c3c2c(cc2cc(-c5cccc6c5C5(c7ccccc7-c7ccccc75)c5ccccc5-6)ccc32)O4)c(-c2ccccc2)c1. The zero-order valence-electron chi connectivity index (χ0n) is 58.5. The lowest BCUT2D eigenvalue weighted by Gasteiger charge is -2.47. The molecule has 0 saturated heterocycles. The molecule has 6 heteroatoms. The van der Waals surface area contributed by atoms with Crippen LogP contribution in [0.15, 0.2) is 322 Å². The molecule has 0 amide bonds. The summed E-state index contributed by atoms with van der Waals surface area (Å²) in [6.07, 6.45) is 0. The Hall–Kier alpha value is -12.1. The predicted molar refractivity (Wildman–Crippen MR) is 434 cm³/mol. The molecule has 21 rings (SSSR count). The third-order valence-electron chi connectivity index (χ3n) is 23.3. The van der Waals surface area contributed by atoms with Gasteiger partial charge in [-0.25, -0.2) is 0 Å². The van der Waals surface area contributed by atoms with E-state index in [-0.39, 0.29) is 24.3 Å². The van der Waals surface area contributed by atoms with Crippen LogP contribution in [0.4, 0.5) is 51.2 Å². The van der Waals surface area contributed by atoms with Gasteiger partial charge < -0.3 is 19.4 Å². The molecule has 103 heavy (non-hydrogen) atoms. The van der Waals surface area contributed by atoms with Crippen molar-refractivity contribution >= 4 is 108 Å². The van der Waals surface area contributed by atoms with Crippen molar-refractivity contribution in [3.8, 4) is 67.1 Å². The zero-order chi connectivity index (χ0) is 68.8. The fourth-order valence-corrected chi connectivity index (χ4v) is 18.9. The molecule has 4 heterocycles. The third kappa shape index (κ3) is 8.50. The normalized spacial score (nSPS) is 14.2. The van der Waals surface area contributed by atoms with Crippen LogP contribution in [0.25, 0.3) is 66.4 Å². The fraction of sp³-hybridized carbons (Fsp3) is 0.0928. The molecule has 2 aliphatic carbocycles. The Balaban J connectivity index is 0.856. The summed E-state index contributed by atoms with van der Waals surface area (Å²) in [6.45, 7) is 13.8. The number of fused-ring (bicyclic) bond motifs is 20. The number of para-hydroxylation sites is 4. The molecule has 0 N–H and O–H groups in total. The van der Waals surface area contributed by atoms with Gasteiger partial charge in [-0.1, -0.05) is 284 Å². The molecule has 15 aromatic carbocycles. The maximum Gasteiger partial charge on any atom is 0.256 e. The average Bonchev–Trinajstić information content (AvgIpc) is 1.64. The smallest absolute Gasteiger partial charge is 0.256 e. The van der Waals surface area contributed by atoms with E-state index in [1.54, 1.807) is 0 Å². The summed E-state index contributed by atoms with van der Waals surface area (Å²) >= 11 is 0. The Kier molecular flexibility index (Phi) is 12.7. The number of hydrogen-bond donors (Lipinski definition) is 0. The first-order valence-corrected chi connectivity index (χ1v) is 36.5. The van der Waals surface area contributed by atoms with Gasteiger partial charge in [0.25, 0.3) is 13.4 Å². The molecule has 0 fully saturated rings. The highest BCUT2D eigenvalue weighted by atomic mass is 16.5. The van der Waals surface area contributed by atoms with Gasteiger partial charge in [-0.05, 0) is 200 Å². The number of nitrogens with zero attached hydrogens (tertiary/aromatic N) is 3. The van der Waals surface area contributed by atoms with E-state index < -0.39 is 5.41 Å². The Morgan fingerprint density at radius 3 is 1.34 bits per heavy atom. The lowest BCUT2D eigenvalue weighted by Crippen LogP contribution is -2.64. The average molecular weight is 1320 g/mol. The first-order valence-electron chi connectivity index (χ1n) is 36.5. The van der Waals surface area contributed by atoms with Crippen LogP contribution in [0.3, 0.4) is 0 Å². The lowest BCUT2D eigenvalue weighted by molar-refractivity contribution is 0.488. The molecule has 4 aliphatic heterocycles. The molecule has 0 aromatic heterocycles. The fourth-order valence-electron chi connectivity index (χ4n) is 18.9. The van der Waals surface area contributed by atoms with E-state index in [4.69, 9.17) is 4.74 Å². The van der Waals surface area contributed by atoms with E-state index in [0.29, 0.717) is 0 Å². The minimum absolute atomic E-state index is 0.172. The van der Waals surface area contributed by atoms with Crippen molar-refractivity contribution in [3.63, 3.8) is 0 Å². The molecule has 0 atom stereocenters. The lowest BCUT2D eigenvalue weighted by atomic mass is 9.30. The van der Waals surface area contributed by atoms with E-state index >= 15 is 0 Å². The van der Waals surface area contributed by atoms with Gasteiger partial charge in [-0.2, -0.15) is 0 Å². The molecule has 1 spiro atoms. The summed E-state index contributed by atoms with van der Waals surface area (Å²) in [6, 6.07) is 122. The zero-order valence-corrected chi connectivity index (χ0v) is 58.5. The van der Waals surface area contributed by atoms with Crippen molar-refractivity contribution in [1.29, 1.82) is 0 Å². The second kappa shape index (κ2) is 21.9. The summed E-state index contributed by atoms with van der Waals surface area (Å²) in [5.41, 5.74) is 36.7. The Bertz CT molecular complexity index is 5970. The number of hydrogen-bond acceptors (Lipinski definition) is 4. The number of benzene rings is 15. The van der Waals surface area contributed by atoms with Gasteiger partial charge in [0.2, 0.25) is 0 Å². The Labute approximate surface area is 603 Å². The number of anilines is 9. The summed E-state index contributed by atoms with van der Waals surface area (Å²) in [5.74, 6) is 1.71. The minimum Gasteiger partial charge on any atom is -0.458 e. The summed E-state index contributed by atoms with van der Waals surface area (Å²) < 4.78 is 8.05. The summed E-state index contributed by atoms with van der Waals surface area (Å²) in [4.78, 5) is 7.76. The van der Waals surface area contributed by atoms with Crippen molar-refractivity contribution in [1.82, 2.24) is 0 Å². The Morgan fingerprint density at radius 2 is 0.757 bits per heavy atom. The van der Waals surface area contributed by atoms with Crippen LogP contribution in [-0.4, -0.2) is 13.4 Å². The van der Waals surface area contributed by atoms with Gasteiger partial charge >= 0.3 is 0 Å². The highest BCUT2D eigenvalue weighted by Crippen LogP contribution is 2.65. The van der Waals surface area contributed by atoms with Crippen molar-refractivity contribution in [3.05, 3.63) is 355 Å². The van der Waals surface area contributed by atoms with Crippen LogP contribution in [-0.2, 0) is 16.2 Å². The maximum atomic E-state index is 8.05. The second-order valence-electron chi connectivity index (χ2n) is 31.0. The van der Waals surface area contributed by atoms with Gasteiger partial charge in [-0.3, -0.25) is 0 Å². The topological polar surface area (TPSA) is 19.0 Å². The largest absolute Gasteiger partial charge is 0.458 e. The second-order valence-corrected chi connectivity index (χ2v) is 31.0. The van der Waals surface area contributed by atoms with Crippen molar-refractivity contribution < 1.29 is 4.74 Å². The van der Waals surface area contributed by atoms with Crippen LogP contribution in [0.1, 0.15) is 74.9 Å². The highest BCUT2D eigenvalue weighted by molar-refractivity contribution is 7.02. The van der Waals surface area contributed by atoms with E-state index in [1.165, 1.54) is 116 Å². The number of ether oxygens (including phenoxy) is 1. The van der Waals surface area contributed by atoms with Crippen molar-refractivity contribution in [2.45, 2.75) is 57.8 Å². The molecule has 6 aliphatic rings. The van der Waals surface area contributed by atoms with Crippen LogP contribution in [0.5, 0.6) is 11.5 Å². The molecule has 0 radical (unpaired) electrons. The van der Waals surface area contributed by atoms with Crippen LogP contribution >= 0.6 is 0 Å². The highest BCUT2D eigenvalue weighted by Gasteiger charge is 2.54. The maximum absolute atomic E-state index is 8.05. The quantitative estimate of drug-likeness (QED) is 0.154. The minimum atomic E-state index is -0.525. The first kappa shape index (κ1) is 59.7.